The van der Waals surface area contributed by atoms with E-state index in [0.717, 1.165) is 48.5 Å². The molecule has 1 N–H and O–H groups in total. The van der Waals surface area contributed by atoms with Crippen molar-refractivity contribution >= 4 is 15.9 Å². The molecule has 4 rings (SSSR count). The fourth-order valence-electron chi connectivity index (χ4n) is 4.84. The van der Waals surface area contributed by atoms with Crippen LogP contribution in [0.1, 0.15) is 48.0 Å². The molecule has 0 spiro atoms. The zero-order valence-electron chi connectivity index (χ0n) is 17.8. The van der Waals surface area contributed by atoms with Crippen LogP contribution in [0, 0.1) is 5.82 Å². The summed E-state index contributed by atoms with van der Waals surface area (Å²) in [5.74, 6) is -1.31. The molecule has 2 saturated heterocycles. The third-order valence-electron chi connectivity index (χ3n) is 6.51. The third-order valence-corrected chi connectivity index (χ3v) is 8.32. The summed E-state index contributed by atoms with van der Waals surface area (Å²) in [6, 6.07) is 13.8. The van der Waals surface area contributed by atoms with E-state index in [2.05, 4.69) is 22.3 Å². The minimum atomic E-state index is -3.77. The number of piperidine rings is 1. The van der Waals surface area contributed by atoms with E-state index in [1.807, 2.05) is 18.2 Å². The molecule has 0 saturated carbocycles. The van der Waals surface area contributed by atoms with Gasteiger partial charge in [0.2, 0.25) is 10.0 Å². The van der Waals surface area contributed by atoms with Gasteiger partial charge < -0.3 is 5.32 Å². The van der Waals surface area contributed by atoms with Crippen molar-refractivity contribution in [3.05, 3.63) is 65.5 Å². The van der Waals surface area contributed by atoms with Gasteiger partial charge in [-0.2, -0.15) is 0 Å². The summed E-state index contributed by atoms with van der Waals surface area (Å²) in [5, 5.41) is 3.10. The van der Waals surface area contributed by atoms with Gasteiger partial charge in [-0.25, -0.2) is 17.1 Å². The summed E-state index contributed by atoms with van der Waals surface area (Å²) in [5.41, 5.74) is 0.379. The Balaban J connectivity index is 1.62. The normalized spacial score (nSPS) is 23.8. The average molecular weight is 446 g/mol. The van der Waals surface area contributed by atoms with Gasteiger partial charge in [-0.1, -0.05) is 30.3 Å². The van der Waals surface area contributed by atoms with Crippen LogP contribution in [-0.4, -0.2) is 49.3 Å². The molecule has 6 nitrogen and oxygen atoms in total. The minimum Gasteiger partial charge on any atom is -0.334 e. The van der Waals surface area contributed by atoms with E-state index >= 15 is 0 Å². The van der Waals surface area contributed by atoms with Crippen LogP contribution in [-0.2, 0) is 16.6 Å². The van der Waals surface area contributed by atoms with Crippen molar-refractivity contribution in [2.45, 2.75) is 55.2 Å². The molecule has 0 aromatic heterocycles. The standard InChI is InChI=1S/C23H28FN3O3S/c1-26(2)31(29,30)19-10-11-21(24)20(15-19)22(28)25-23-13-6-9-18(12-14-23)27(23)16-17-7-4-3-5-8-17/h3-5,7-8,10-11,15,18H,6,9,12-14,16H2,1-2H3,(H,25,28). The van der Waals surface area contributed by atoms with Crippen molar-refractivity contribution in [2.24, 2.45) is 0 Å². The van der Waals surface area contributed by atoms with Gasteiger partial charge >= 0.3 is 0 Å². The van der Waals surface area contributed by atoms with Crippen LogP contribution in [0.25, 0.3) is 0 Å². The van der Waals surface area contributed by atoms with Crippen molar-refractivity contribution in [1.82, 2.24) is 14.5 Å². The molecule has 2 aliphatic rings. The lowest BCUT2D eigenvalue weighted by atomic mass is 9.95. The van der Waals surface area contributed by atoms with Crippen LogP contribution in [0.5, 0.6) is 0 Å². The quantitative estimate of drug-likeness (QED) is 0.740. The van der Waals surface area contributed by atoms with Gasteiger partial charge in [0.15, 0.2) is 0 Å². The molecular weight excluding hydrogens is 417 g/mol. The summed E-state index contributed by atoms with van der Waals surface area (Å²) >= 11 is 0. The predicted octanol–water partition coefficient (Wildman–Crippen LogP) is 3.35. The zero-order chi connectivity index (χ0) is 22.2. The number of carbonyl (C=O) groups excluding carboxylic acids is 1. The number of hydrogen-bond donors (Lipinski definition) is 1. The van der Waals surface area contributed by atoms with E-state index in [1.54, 1.807) is 0 Å². The fourth-order valence-corrected chi connectivity index (χ4v) is 5.77. The maximum Gasteiger partial charge on any atom is 0.255 e. The molecule has 2 atom stereocenters. The van der Waals surface area contributed by atoms with Crippen LogP contribution in [0.3, 0.4) is 0 Å². The molecule has 166 valence electrons. The molecular formula is C23H28FN3O3S. The smallest absolute Gasteiger partial charge is 0.255 e. The number of carbonyl (C=O) groups is 1. The van der Waals surface area contributed by atoms with Gasteiger partial charge in [-0.15, -0.1) is 0 Å². The third kappa shape index (κ3) is 4.12. The van der Waals surface area contributed by atoms with E-state index in [0.29, 0.717) is 12.6 Å². The average Bonchev–Trinajstić information content (AvgIpc) is 2.92. The highest BCUT2D eigenvalue weighted by Crippen LogP contribution is 2.43. The molecule has 1 amide bonds. The molecule has 2 aliphatic heterocycles. The molecule has 2 fully saturated rings. The first-order valence-electron chi connectivity index (χ1n) is 10.6. The maximum absolute atomic E-state index is 14.6. The number of fused-ring (bicyclic) bond motifs is 2. The van der Waals surface area contributed by atoms with Gasteiger partial charge in [0.25, 0.3) is 5.91 Å². The molecule has 8 heteroatoms. The number of nitrogens with zero attached hydrogens (tertiary/aromatic N) is 2. The number of halogens is 1. The van der Waals surface area contributed by atoms with Crippen LogP contribution in [0.15, 0.2) is 53.4 Å². The largest absolute Gasteiger partial charge is 0.334 e. The van der Waals surface area contributed by atoms with E-state index in [9.17, 15) is 17.6 Å². The lowest BCUT2D eigenvalue weighted by Gasteiger charge is -2.45. The van der Waals surface area contributed by atoms with Crippen LogP contribution >= 0.6 is 0 Å². The summed E-state index contributed by atoms with van der Waals surface area (Å²) in [6.45, 7) is 0.712. The van der Waals surface area contributed by atoms with E-state index in [1.165, 1.54) is 25.7 Å². The molecule has 2 unspecified atom stereocenters. The van der Waals surface area contributed by atoms with Crippen molar-refractivity contribution < 1.29 is 17.6 Å². The lowest BCUT2D eigenvalue weighted by molar-refractivity contribution is 0.0183. The number of amides is 1. The number of benzene rings is 2. The summed E-state index contributed by atoms with van der Waals surface area (Å²) in [6.07, 6.45) is 4.64. The molecule has 2 aromatic rings. The number of nitrogens with one attached hydrogen (secondary N) is 1. The first kappa shape index (κ1) is 21.9. The van der Waals surface area contributed by atoms with Crippen LogP contribution in [0.4, 0.5) is 4.39 Å². The van der Waals surface area contributed by atoms with Crippen molar-refractivity contribution in [3.8, 4) is 0 Å². The highest BCUT2D eigenvalue weighted by Gasteiger charge is 2.49. The Morgan fingerprint density at radius 2 is 1.90 bits per heavy atom. The first-order chi connectivity index (χ1) is 14.7. The van der Waals surface area contributed by atoms with Crippen LogP contribution < -0.4 is 5.32 Å². The number of sulfonamides is 1. The fraction of sp³-hybridized carbons (Fsp3) is 0.435. The second-order valence-corrected chi connectivity index (χ2v) is 10.8. The first-order valence-corrected chi connectivity index (χ1v) is 12.0. The summed E-state index contributed by atoms with van der Waals surface area (Å²) in [4.78, 5) is 15.4. The number of hydrogen-bond acceptors (Lipinski definition) is 4. The van der Waals surface area contributed by atoms with Crippen molar-refractivity contribution in [1.29, 1.82) is 0 Å². The monoisotopic (exact) mass is 445 g/mol. The van der Waals surface area contributed by atoms with Gasteiger partial charge in [0.05, 0.1) is 16.1 Å². The second-order valence-electron chi connectivity index (χ2n) is 8.61. The molecule has 2 aromatic carbocycles. The lowest BCUT2D eigenvalue weighted by Crippen LogP contribution is -2.60. The summed E-state index contributed by atoms with van der Waals surface area (Å²) in [7, 11) is -0.966. The van der Waals surface area contributed by atoms with Crippen LogP contribution in [0.2, 0.25) is 0 Å². The Hall–Kier alpha value is -2.29. The van der Waals surface area contributed by atoms with E-state index < -0.39 is 27.4 Å². The maximum atomic E-state index is 14.6. The van der Waals surface area contributed by atoms with E-state index in [4.69, 9.17) is 0 Å². The summed E-state index contributed by atoms with van der Waals surface area (Å²) < 4.78 is 40.5. The minimum absolute atomic E-state index is 0.101. The molecule has 2 heterocycles. The van der Waals surface area contributed by atoms with Crippen molar-refractivity contribution in [2.75, 3.05) is 14.1 Å². The van der Waals surface area contributed by atoms with Crippen molar-refractivity contribution in [3.63, 3.8) is 0 Å². The highest BCUT2D eigenvalue weighted by molar-refractivity contribution is 7.89. The Bertz CT molecular complexity index is 1070. The van der Waals surface area contributed by atoms with Gasteiger partial charge in [-0.05, 0) is 55.9 Å². The van der Waals surface area contributed by atoms with Gasteiger partial charge in [-0.3, -0.25) is 9.69 Å². The Morgan fingerprint density at radius 1 is 1.16 bits per heavy atom. The molecule has 0 radical (unpaired) electrons. The Morgan fingerprint density at radius 3 is 2.61 bits per heavy atom. The number of rotatable bonds is 6. The van der Waals surface area contributed by atoms with E-state index in [-0.39, 0.29) is 10.5 Å². The highest BCUT2D eigenvalue weighted by atomic mass is 32.2. The molecule has 0 aliphatic carbocycles. The zero-order valence-corrected chi connectivity index (χ0v) is 18.7. The van der Waals surface area contributed by atoms with Gasteiger partial charge in [0, 0.05) is 26.7 Å². The molecule has 2 bridgehead atoms. The predicted molar refractivity (Wildman–Crippen MR) is 116 cm³/mol. The topological polar surface area (TPSA) is 69.7 Å². The van der Waals surface area contributed by atoms with Gasteiger partial charge in [0.1, 0.15) is 5.82 Å². The Kier molecular flexibility index (Phi) is 5.89. The SMILES string of the molecule is CN(C)S(=O)(=O)c1ccc(F)c(C(=O)NC23CCCC(CC2)N3Cc2ccccc2)c1. The Labute approximate surface area is 183 Å². The second kappa shape index (κ2) is 8.33. The molecule has 31 heavy (non-hydrogen) atoms.